The molecule has 0 radical (unpaired) electrons. The van der Waals surface area contributed by atoms with Crippen LogP contribution in [-0.4, -0.2) is 66.1 Å². The zero-order chi connectivity index (χ0) is 32.8. The van der Waals surface area contributed by atoms with Gasteiger partial charge in [0.15, 0.2) is 13.9 Å². The standard InChI is InChI=1S/C35H42N4O6Si/c1-22-32(46(2,3)44)30(19-31(41)38-18-6-7-27(38)21-40)45-35(22)28-8-4-5-9-29(28)39(34(35)43)20-23-10-16-26(17-11-23)37-33(42)24-12-14-25(36)15-13-24/h4-5,8-17,22,27,30,32,40,44H,6-7,18-21,36H2,1-3H3,(H,37,42)/t22-,27+,30+,32-,35+/m1/s1. The van der Waals surface area contributed by atoms with Crippen LogP contribution in [0, 0.1) is 5.92 Å². The number of likely N-dealkylation sites (tertiary alicyclic amines) is 1. The predicted octanol–water partition coefficient (Wildman–Crippen LogP) is 4.24. The van der Waals surface area contributed by atoms with Gasteiger partial charge in [0.2, 0.25) is 5.91 Å². The molecule has 3 aliphatic heterocycles. The van der Waals surface area contributed by atoms with Crippen molar-refractivity contribution in [2.75, 3.05) is 29.1 Å². The number of carbonyl (C=O) groups excluding carboxylic acids is 3. The summed E-state index contributed by atoms with van der Waals surface area (Å²) in [6, 6.07) is 21.4. The number of nitrogen functional groups attached to an aromatic ring is 1. The van der Waals surface area contributed by atoms with Crippen LogP contribution in [0.3, 0.4) is 0 Å². The monoisotopic (exact) mass is 642 g/mol. The molecule has 5 atom stereocenters. The van der Waals surface area contributed by atoms with Gasteiger partial charge in [-0.3, -0.25) is 14.4 Å². The van der Waals surface area contributed by atoms with Gasteiger partial charge in [-0.05, 0) is 74.0 Å². The predicted molar refractivity (Wildman–Crippen MR) is 178 cm³/mol. The Morgan fingerprint density at radius 2 is 1.76 bits per heavy atom. The van der Waals surface area contributed by atoms with Crippen LogP contribution >= 0.6 is 0 Å². The first-order valence-corrected chi connectivity index (χ1v) is 18.9. The highest BCUT2D eigenvalue weighted by Crippen LogP contribution is 2.59. The number of anilines is 3. The summed E-state index contributed by atoms with van der Waals surface area (Å²) in [5.74, 6) is -0.961. The number of amides is 3. The molecule has 5 N–H and O–H groups in total. The highest BCUT2D eigenvalue weighted by Gasteiger charge is 2.66. The number of fused-ring (bicyclic) bond motifs is 2. The maximum atomic E-state index is 14.6. The molecule has 0 unspecified atom stereocenters. The molecule has 3 heterocycles. The molecule has 0 aliphatic carbocycles. The number of benzene rings is 3. The Hall–Kier alpha value is -4.03. The van der Waals surface area contributed by atoms with Crippen LogP contribution in [-0.2, 0) is 26.5 Å². The average molecular weight is 643 g/mol. The third kappa shape index (κ3) is 5.61. The van der Waals surface area contributed by atoms with E-state index in [4.69, 9.17) is 10.5 Å². The van der Waals surface area contributed by atoms with E-state index in [9.17, 15) is 24.3 Å². The molecule has 10 nitrogen and oxygen atoms in total. The van der Waals surface area contributed by atoms with Crippen molar-refractivity contribution in [3.05, 3.63) is 89.5 Å². The molecule has 11 heteroatoms. The highest BCUT2D eigenvalue weighted by molar-refractivity contribution is 6.71. The lowest BCUT2D eigenvalue weighted by Gasteiger charge is -2.32. The number of carbonyl (C=O) groups is 3. The van der Waals surface area contributed by atoms with Gasteiger partial charge in [0.1, 0.15) is 0 Å². The van der Waals surface area contributed by atoms with Gasteiger partial charge in [0.05, 0.1) is 37.4 Å². The molecule has 46 heavy (non-hydrogen) atoms. The molecule has 2 fully saturated rings. The third-order valence-corrected chi connectivity index (χ3v) is 12.4. The number of hydrogen-bond donors (Lipinski definition) is 4. The average Bonchev–Trinajstić information content (AvgIpc) is 3.69. The molecule has 0 aromatic heterocycles. The number of rotatable bonds is 8. The van der Waals surface area contributed by atoms with Gasteiger partial charge in [-0.25, -0.2) is 0 Å². The number of ether oxygens (including phenoxy) is 1. The van der Waals surface area contributed by atoms with Crippen molar-refractivity contribution in [1.29, 1.82) is 0 Å². The summed E-state index contributed by atoms with van der Waals surface area (Å²) < 4.78 is 6.80. The zero-order valence-electron chi connectivity index (χ0n) is 26.5. The van der Waals surface area contributed by atoms with Crippen molar-refractivity contribution in [3.63, 3.8) is 0 Å². The maximum absolute atomic E-state index is 14.6. The Labute approximate surface area is 270 Å². The second kappa shape index (κ2) is 12.3. The quantitative estimate of drug-likeness (QED) is 0.213. The first-order valence-electron chi connectivity index (χ1n) is 15.9. The lowest BCUT2D eigenvalue weighted by molar-refractivity contribution is -0.150. The van der Waals surface area contributed by atoms with Gasteiger partial charge in [-0.15, -0.1) is 0 Å². The van der Waals surface area contributed by atoms with E-state index in [-0.39, 0.29) is 54.8 Å². The van der Waals surface area contributed by atoms with Crippen molar-refractivity contribution in [1.82, 2.24) is 4.90 Å². The van der Waals surface area contributed by atoms with Crippen LogP contribution in [0.15, 0.2) is 72.8 Å². The van der Waals surface area contributed by atoms with Crippen LogP contribution in [0.2, 0.25) is 18.6 Å². The van der Waals surface area contributed by atoms with Crippen LogP contribution in [0.5, 0.6) is 0 Å². The molecule has 3 aromatic carbocycles. The highest BCUT2D eigenvalue weighted by atomic mass is 28.4. The molecular weight excluding hydrogens is 600 g/mol. The topological polar surface area (TPSA) is 145 Å². The number of aliphatic hydroxyl groups excluding tert-OH is 1. The van der Waals surface area contributed by atoms with Gasteiger partial charge in [-0.1, -0.05) is 37.3 Å². The second-order valence-electron chi connectivity index (χ2n) is 13.3. The van der Waals surface area contributed by atoms with Crippen molar-refractivity contribution in [2.45, 2.75) is 69.1 Å². The fourth-order valence-electron chi connectivity index (χ4n) is 7.75. The lowest BCUT2D eigenvalue weighted by Crippen LogP contribution is -2.46. The van der Waals surface area contributed by atoms with E-state index in [2.05, 4.69) is 5.32 Å². The van der Waals surface area contributed by atoms with E-state index >= 15 is 0 Å². The number of nitrogens with one attached hydrogen (secondary N) is 1. The molecule has 242 valence electrons. The van der Waals surface area contributed by atoms with E-state index in [1.807, 2.05) is 56.4 Å². The fraction of sp³-hybridized carbons (Fsp3) is 0.400. The Balaban J connectivity index is 1.25. The molecule has 0 bridgehead atoms. The molecule has 2 saturated heterocycles. The third-order valence-electron chi connectivity index (χ3n) is 9.90. The van der Waals surface area contributed by atoms with E-state index in [1.54, 1.807) is 46.2 Å². The summed E-state index contributed by atoms with van der Waals surface area (Å²) in [6.07, 6.45) is 0.996. The summed E-state index contributed by atoms with van der Waals surface area (Å²) in [7, 11) is -2.93. The smallest absolute Gasteiger partial charge is 0.264 e. The summed E-state index contributed by atoms with van der Waals surface area (Å²) in [6.45, 7) is 6.43. The summed E-state index contributed by atoms with van der Waals surface area (Å²) in [4.78, 5) is 55.7. The van der Waals surface area contributed by atoms with Crippen LogP contribution in [0.1, 0.15) is 47.7 Å². The van der Waals surface area contributed by atoms with Crippen molar-refractivity contribution in [2.24, 2.45) is 5.92 Å². The van der Waals surface area contributed by atoms with Gasteiger partial charge in [0.25, 0.3) is 11.8 Å². The first-order chi connectivity index (χ1) is 21.9. The van der Waals surface area contributed by atoms with Gasteiger partial charge in [0, 0.05) is 40.5 Å². The lowest BCUT2D eigenvalue weighted by atomic mass is 9.82. The second-order valence-corrected chi connectivity index (χ2v) is 17.3. The van der Waals surface area contributed by atoms with Gasteiger partial charge < -0.3 is 35.5 Å². The first kappa shape index (κ1) is 31.9. The van der Waals surface area contributed by atoms with Gasteiger partial charge in [-0.2, -0.15) is 0 Å². The number of aliphatic hydroxyl groups is 1. The summed E-state index contributed by atoms with van der Waals surface area (Å²) in [5, 5.41) is 12.7. The number of nitrogens with zero attached hydrogens (tertiary/aromatic N) is 2. The van der Waals surface area contributed by atoms with Crippen molar-refractivity contribution < 1.29 is 29.0 Å². The molecule has 6 rings (SSSR count). The Kier molecular flexibility index (Phi) is 8.53. The van der Waals surface area contributed by atoms with Crippen LogP contribution < -0.4 is 16.0 Å². The number of hydrogen-bond acceptors (Lipinski definition) is 7. The largest absolute Gasteiger partial charge is 0.432 e. The van der Waals surface area contributed by atoms with E-state index in [1.165, 1.54) is 0 Å². The van der Waals surface area contributed by atoms with E-state index < -0.39 is 20.0 Å². The maximum Gasteiger partial charge on any atom is 0.264 e. The number of nitrogens with two attached hydrogens (primary N) is 1. The SMILES string of the molecule is C[C@@H]1[C@@H]([Si](C)(C)O)[C@H](CC(=O)N2CCC[C@H]2CO)O[C@@]12C(=O)N(Cc1ccc(NC(=O)c3ccc(N)cc3)cc1)c1ccccc12. The molecule has 0 saturated carbocycles. The molecular formula is C35H42N4O6Si. The van der Waals surface area contributed by atoms with Gasteiger partial charge >= 0.3 is 0 Å². The van der Waals surface area contributed by atoms with Crippen LogP contribution in [0.4, 0.5) is 17.1 Å². The Bertz CT molecular complexity index is 1630. The van der Waals surface area contributed by atoms with Crippen molar-refractivity contribution >= 4 is 43.1 Å². The summed E-state index contributed by atoms with van der Waals surface area (Å²) >= 11 is 0. The Morgan fingerprint density at radius 1 is 1.07 bits per heavy atom. The number of para-hydroxylation sites is 1. The van der Waals surface area contributed by atoms with Crippen LogP contribution in [0.25, 0.3) is 0 Å². The van der Waals surface area contributed by atoms with Crippen molar-refractivity contribution in [3.8, 4) is 0 Å². The molecule has 3 aliphatic rings. The summed E-state index contributed by atoms with van der Waals surface area (Å²) in [5.41, 5.74) is 8.07. The minimum atomic E-state index is -2.93. The van der Waals surface area contributed by atoms with E-state index in [0.717, 1.165) is 29.7 Å². The minimum Gasteiger partial charge on any atom is -0.432 e. The minimum absolute atomic E-state index is 0.0449. The molecule has 3 aromatic rings. The normalized spacial score (nSPS) is 25.7. The fourth-order valence-corrected chi connectivity index (χ4v) is 10.3. The van der Waals surface area contributed by atoms with E-state index in [0.29, 0.717) is 23.5 Å². The Morgan fingerprint density at radius 3 is 2.43 bits per heavy atom. The zero-order valence-corrected chi connectivity index (χ0v) is 27.5. The molecule has 3 amide bonds. The molecule has 1 spiro atoms.